The number of carbonyl (C=O) groups excluding carboxylic acids is 2. The van der Waals surface area contributed by atoms with Crippen molar-refractivity contribution in [3.8, 4) is 0 Å². The fourth-order valence-corrected chi connectivity index (χ4v) is 3.01. The number of hydrogen-bond acceptors (Lipinski definition) is 4. The Morgan fingerprint density at radius 2 is 2.04 bits per heavy atom. The number of pyridine rings is 1. The number of piperidine rings is 1. The minimum atomic E-state index is -1.02. The molecule has 0 spiro atoms. The molecule has 0 aliphatic carbocycles. The zero-order valence-corrected chi connectivity index (χ0v) is 14.6. The lowest BCUT2D eigenvalue weighted by Gasteiger charge is -2.33. The van der Waals surface area contributed by atoms with Gasteiger partial charge in [0, 0.05) is 31.0 Å². The minimum absolute atomic E-state index is 0.128. The molecule has 0 bridgehead atoms. The number of hydrogen-bond donors (Lipinski definition) is 2. The molecule has 1 aromatic heterocycles. The van der Waals surface area contributed by atoms with Crippen LogP contribution >= 0.6 is 0 Å². The Morgan fingerprint density at radius 1 is 1.36 bits per heavy atom. The van der Waals surface area contributed by atoms with E-state index in [9.17, 15) is 19.5 Å². The van der Waals surface area contributed by atoms with Gasteiger partial charge in [-0.25, -0.2) is 4.79 Å². The van der Waals surface area contributed by atoms with Crippen LogP contribution in [-0.4, -0.2) is 51.9 Å². The second-order valence-corrected chi connectivity index (χ2v) is 6.54. The van der Waals surface area contributed by atoms with E-state index >= 15 is 0 Å². The highest BCUT2D eigenvalue weighted by Crippen LogP contribution is 2.20. The number of aromatic nitrogens is 1. The normalized spacial score (nSPS) is 19.8. The summed E-state index contributed by atoms with van der Waals surface area (Å²) in [6.45, 7) is 4.60. The van der Waals surface area contributed by atoms with E-state index in [4.69, 9.17) is 0 Å². The molecule has 0 radical (unpaired) electrons. The molecule has 7 nitrogen and oxygen atoms in total. The van der Waals surface area contributed by atoms with Crippen molar-refractivity contribution in [1.82, 2.24) is 15.2 Å². The number of carboxylic acids is 1. The molecule has 2 amide bonds. The highest BCUT2D eigenvalue weighted by Gasteiger charge is 2.32. The molecule has 1 saturated heterocycles. The van der Waals surface area contributed by atoms with Crippen molar-refractivity contribution in [3.05, 3.63) is 30.1 Å². The number of aliphatic carboxylic acids is 1. The first-order valence-corrected chi connectivity index (χ1v) is 8.66. The van der Waals surface area contributed by atoms with Crippen LogP contribution in [0.5, 0.6) is 0 Å². The Bertz CT molecular complexity index is 620. The van der Waals surface area contributed by atoms with Gasteiger partial charge in [-0.3, -0.25) is 14.6 Å². The Labute approximate surface area is 147 Å². The third-order valence-corrected chi connectivity index (χ3v) is 4.78. The van der Waals surface area contributed by atoms with Crippen molar-refractivity contribution in [2.24, 2.45) is 11.8 Å². The largest absolute Gasteiger partial charge is 0.480 e. The number of amides is 2. The predicted molar refractivity (Wildman–Crippen MR) is 91.9 cm³/mol. The van der Waals surface area contributed by atoms with E-state index in [0.29, 0.717) is 31.5 Å². The summed E-state index contributed by atoms with van der Waals surface area (Å²) in [4.78, 5) is 42.0. The van der Waals surface area contributed by atoms with Crippen LogP contribution in [-0.2, 0) is 9.59 Å². The van der Waals surface area contributed by atoms with E-state index in [1.807, 2.05) is 6.92 Å². The Kier molecular flexibility index (Phi) is 6.50. The Hall–Kier alpha value is -2.44. The summed E-state index contributed by atoms with van der Waals surface area (Å²) in [5, 5.41) is 12.0. The van der Waals surface area contributed by atoms with Crippen molar-refractivity contribution in [2.45, 2.75) is 39.2 Å². The quantitative estimate of drug-likeness (QED) is 0.813. The standard InChI is InChI=1S/C18H25N3O4/c1-3-12(2)15(18(24)25)20-16(22)14-5-4-10-21(11-14)17(23)13-6-8-19-9-7-13/h6-9,12,14-15H,3-5,10-11H2,1-2H3,(H,20,22)(H,24,25)/t12-,14?,15-/m0/s1. The maximum atomic E-state index is 12.5. The zero-order chi connectivity index (χ0) is 18.4. The zero-order valence-electron chi connectivity index (χ0n) is 14.6. The second kappa shape index (κ2) is 8.60. The van der Waals surface area contributed by atoms with Crippen LogP contribution < -0.4 is 5.32 Å². The van der Waals surface area contributed by atoms with Crippen LogP contribution in [0.2, 0.25) is 0 Å². The highest BCUT2D eigenvalue weighted by molar-refractivity contribution is 5.94. The topological polar surface area (TPSA) is 99.6 Å². The fourth-order valence-electron chi connectivity index (χ4n) is 3.01. The molecule has 0 aromatic carbocycles. The van der Waals surface area contributed by atoms with Gasteiger partial charge >= 0.3 is 5.97 Å². The molecule has 136 valence electrons. The summed E-state index contributed by atoms with van der Waals surface area (Å²) >= 11 is 0. The van der Waals surface area contributed by atoms with Gasteiger partial charge in [-0.15, -0.1) is 0 Å². The van der Waals surface area contributed by atoms with Crippen LogP contribution in [0.4, 0.5) is 0 Å². The molecule has 2 N–H and O–H groups in total. The molecule has 3 atom stereocenters. The van der Waals surface area contributed by atoms with Crippen LogP contribution in [0.1, 0.15) is 43.5 Å². The number of carboxylic acid groups (broad SMARTS) is 1. The molecule has 1 unspecified atom stereocenters. The lowest BCUT2D eigenvalue weighted by molar-refractivity contribution is -0.144. The SMILES string of the molecule is CC[C@H](C)[C@H](NC(=O)C1CCCN(C(=O)c2ccncc2)C1)C(=O)O. The highest BCUT2D eigenvalue weighted by atomic mass is 16.4. The summed E-state index contributed by atoms with van der Waals surface area (Å²) in [6.07, 6.45) is 5.15. The average molecular weight is 347 g/mol. The molecular formula is C18H25N3O4. The summed E-state index contributed by atoms with van der Waals surface area (Å²) in [7, 11) is 0. The van der Waals surface area contributed by atoms with Gasteiger partial charge in [0.2, 0.25) is 5.91 Å². The fraction of sp³-hybridized carbons (Fsp3) is 0.556. The van der Waals surface area contributed by atoms with E-state index in [2.05, 4.69) is 10.3 Å². The van der Waals surface area contributed by atoms with Crippen LogP contribution in [0.25, 0.3) is 0 Å². The van der Waals surface area contributed by atoms with Crippen molar-refractivity contribution in [1.29, 1.82) is 0 Å². The third-order valence-electron chi connectivity index (χ3n) is 4.78. The lowest BCUT2D eigenvalue weighted by atomic mass is 9.94. The molecule has 1 fully saturated rings. The molecule has 25 heavy (non-hydrogen) atoms. The molecule has 1 aliphatic rings. The number of likely N-dealkylation sites (tertiary alicyclic amines) is 1. The van der Waals surface area contributed by atoms with E-state index in [-0.39, 0.29) is 23.7 Å². The van der Waals surface area contributed by atoms with Gasteiger partial charge in [0.25, 0.3) is 5.91 Å². The smallest absolute Gasteiger partial charge is 0.326 e. The van der Waals surface area contributed by atoms with Crippen LogP contribution in [0.3, 0.4) is 0 Å². The Morgan fingerprint density at radius 3 is 2.64 bits per heavy atom. The first kappa shape index (κ1) is 18.9. The number of nitrogens with one attached hydrogen (secondary N) is 1. The van der Waals surface area contributed by atoms with Gasteiger partial charge in [-0.2, -0.15) is 0 Å². The minimum Gasteiger partial charge on any atom is -0.480 e. The molecule has 7 heteroatoms. The van der Waals surface area contributed by atoms with E-state index in [1.54, 1.807) is 36.4 Å². The van der Waals surface area contributed by atoms with E-state index < -0.39 is 12.0 Å². The Balaban J connectivity index is 2.01. The lowest BCUT2D eigenvalue weighted by Crippen LogP contribution is -2.51. The van der Waals surface area contributed by atoms with Gasteiger partial charge in [0.05, 0.1) is 5.92 Å². The molecule has 2 heterocycles. The van der Waals surface area contributed by atoms with Gasteiger partial charge < -0.3 is 15.3 Å². The van der Waals surface area contributed by atoms with Gasteiger partial charge in [-0.1, -0.05) is 20.3 Å². The van der Waals surface area contributed by atoms with Gasteiger partial charge in [-0.05, 0) is 30.9 Å². The summed E-state index contributed by atoms with van der Waals surface area (Å²) in [5.41, 5.74) is 0.541. The third kappa shape index (κ3) is 4.78. The summed E-state index contributed by atoms with van der Waals surface area (Å²) in [5.74, 6) is -1.98. The van der Waals surface area contributed by atoms with Crippen molar-refractivity contribution >= 4 is 17.8 Å². The molecule has 1 aromatic rings. The van der Waals surface area contributed by atoms with Crippen molar-refractivity contribution in [3.63, 3.8) is 0 Å². The number of nitrogens with zero attached hydrogens (tertiary/aromatic N) is 2. The first-order valence-electron chi connectivity index (χ1n) is 8.66. The number of rotatable bonds is 6. The number of carbonyl (C=O) groups is 3. The van der Waals surface area contributed by atoms with Crippen LogP contribution in [0, 0.1) is 11.8 Å². The van der Waals surface area contributed by atoms with E-state index in [1.165, 1.54) is 0 Å². The van der Waals surface area contributed by atoms with Crippen LogP contribution in [0.15, 0.2) is 24.5 Å². The predicted octanol–water partition coefficient (Wildman–Crippen LogP) is 1.55. The van der Waals surface area contributed by atoms with E-state index in [0.717, 1.165) is 6.42 Å². The monoisotopic (exact) mass is 347 g/mol. The molecule has 1 aliphatic heterocycles. The average Bonchev–Trinajstić information content (AvgIpc) is 2.65. The van der Waals surface area contributed by atoms with Crippen molar-refractivity contribution in [2.75, 3.05) is 13.1 Å². The first-order chi connectivity index (χ1) is 11.9. The molecular weight excluding hydrogens is 322 g/mol. The maximum Gasteiger partial charge on any atom is 0.326 e. The molecule has 2 rings (SSSR count). The second-order valence-electron chi connectivity index (χ2n) is 6.54. The summed E-state index contributed by atoms with van der Waals surface area (Å²) < 4.78 is 0. The maximum absolute atomic E-state index is 12.5. The summed E-state index contributed by atoms with van der Waals surface area (Å²) in [6, 6.07) is 2.40. The van der Waals surface area contributed by atoms with Gasteiger partial charge in [0.15, 0.2) is 0 Å². The van der Waals surface area contributed by atoms with Crippen molar-refractivity contribution < 1.29 is 19.5 Å². The van der Waals surface area contributed by atoms with Gasteiger partial charge in [0.1, 0.15) is 6.04 Å². The molecule has 0 saturated carbocycles.